The number of nitrogens with one attached hydrogen (secondary N) is 1. The van der Waals surface area contributed by atoms with Crippen LogP contribution in [0.1, 0.15) is 34.8 Å². The van der Waals surface area contributed by atoms with Crippen LogP contribution >= 0.6 is 11.6 Å². The maximum Gasteiger partial charge on any atom is 0.283 e. The van der Waals surface area contributed by atoms with E-state index in [1.54, 1.807) is 0 Å². The quantitative estimate of drug-likeness (QED) is 0.591. The molecule has 1 unspecified atom stereocenters. The number of amides is 1. The molecule has 0 saturated carbocycles. The number of benzene rings is 2. The molecule has 126 valence electrons. The second-order valence-corrected chi connectivity index (χ2v) is 5.66. The van der Waals surface area contributed by atoms with E-state index in [9.17, 15) is 14.9 Å². The van der Waals surface area contributed by atoms with Gasteiger partial charge in [0.1, 0.15) is 5.56 Å². The smallest absolute Gasteiger partial charge is 0.283 e. The molecule has 1 atom stereocenters. The van der Waals surface area contributed by atoms with Gasteiger partial charge in [0.2, 0.25) is 0 Å². The lowest BCUT2D eigenvalue weighted by Crippen LogP contribution is -2.29. The van der Waals surface area contributed by atoms with Crippen molar-refractivity contribution in [2.75, 3.05) is 6.61 Å². The molecule has 2 aromatic carbocycles. The summed E-state index contributed by atoms with van der Waals surface area (Å²) < 4.78 is 0. The van der Waals surface area contributed by atoms with Gasteiger partial charge in [0.05, 0.1) is 11.0 Å². The normalized spacial score (nSPS) is 11.8. The van der Waals surface area contributed by atoms with Crippen molar-refractivity contribution in [3.05, 3.63) is 74.8 Å². The van der Waals surface area contributed by atoms with Gasteiger partial charge in [0.15, 0.2) is 0 Å². The van der Waals surface area contributed by atoms with Crippen LogP contribution in [0.15, 0.2) is 48.5 Å². The Hall–Kier alpha value is -2.44. The second-order valence-electron chi connectivity index (χ2n) is 5.22. The molecule has 0 bridgehead atoms. The number of aliphatic hydroxyl groups excluding tert-OH is 1. The number of rotatable bonds is 7. The van der Waals surface area contributed by atoms with Crippen LogP contribution in [0.25, 0.3) is 0 Å². The number of carbonyl (C=O) groups is 1. The lowest BCUT2D eigenvalue weighted by Gasteiger charge is -2.19. The van der Waals surface area contributed by atoms with Crippen LogP contribution in [0.2, 0.25) is 5.02 Å². The van der Waals surface area contributed by atoms with E-state index in [0.29, 0.717) is 12.8 Å². The summed E-state index contributed by atoms with van der Waals surface area (Å²) in [6, 6.07) is 12.9. The average molecular weight is 349 g/mol. The number of aliphatic hydroxyl groups is 1. The van der Waals surface area contributed by atoms with E-state index >= 15 is 0 Å². The topological polar surface area (TPSA) is 92.5 Å². The molecule has 2 rings (SSSR count). The van der Waals surface area contributed by atoms with E-state index in [1.165, 1.54) is 12.1 Å². The van der Waals surface area contributed by atoms with Crippen molar-refractivity contribution in [3.63, 3.8) is 0 Å². The zero-order chi connectivity index (χ0) is 17.5. The molecule has 6 nitrogen and oxygen atoms in total. The third kappa shape index (κ3) is 4.53. The number of hydrogen-bond acceptors (Lipinski definition) is 4. The Bertz CT molecular complexity index is 722. The van der Waals surface area contributed by atoms with Crippen molar-refractivity contribution >= 4 is 23.2 Å². The van der Waals surface area contributed by atoms with Crippen LogP contribution < -0.4 is 5.32 Å². The molecular weight excluding hydrogens is 332 g/mol. The predicted molar refractivity (Wildman–Crippen MR) is 91.1 cm³/mol. The van der Waals surface area contributed by atoms with Gasteiger partial charge in [-0.15, -0.1) is 0 Å². The lowest BCUT2D eigenvalue weighted by molar-refractivity contribution is -0.385. The first-order valence-corrected chi connectivity index (χ1v) is 7.81. The van der Waals surface area contributed by atoms with Crippen molar-refractivity contribution < 1.29 is 14.8 Å². The Balaban J connectivity index is 2.26. The maximum atomic E-state index is 12.5. The predicted octanol–water partition coefficient (Wildman–Crippen LogP) is 3.49. The van der Waals surface area contributed by atoms with Gasteiger partial charge in [0.25, 0.3) is 11.6 Å². The van der Waals surface area contributed by atoms with Gasteiger partial charge in [0, 0.05) is 17.7 Å². The molecule has 0 spiro atoms. The third-order valence-corrected chi connectivity index (χ3v) is 3.79. The summed E-state index contributed by atoms with van der Waals surface area (Å²) in [6.07, 6.45) is 1.02. The van der Waals surface area contributed by atoms with E-state index in [-0.39, 0.29) is 28.9 Å². The molecule has 0 heterocycles. The Morgan fingerprint density at radius 2 is 1.96 bits per heavy atom. The van der Waals surface area contributed by atoms with Crippen LogP contribution in [0, 0.1) is 10.1 Å². The SMILES string of the molecule is O=C(NC(CCCO)c1ccccc1)c1ccc(Cl)cc1[N+](=O)[O-]. The molecule has 7 heteroatoms. The van der Waals surface area contributed by atoms with E-state index < -0.39 is 10.8 Å². The van der Waals surface area contributed by atoms with Crippen LogP contribution in [-0.2, 0) is 0 Å². The van der Waals surface area contributed by atoms with Crippen LogP contribution in [0.5, 0.6) is 0 Å². The summed E-state index contributed by atoms with van der Waals surface area (Å²) in [6.45, 7) is 0.000294. The molecule has 2 N–H and O–H groups in total. The Labute approximate surface area is 144 Å². The Morgan fingerprint density at radius 3 is 2.58 bits per heavy atom. The highest BCUT2D eigenvalue weighted by Crippen LogP contribution is 2.25. The molecule has 0 aliphatic heterocycles. The van der Waals surface area contributed by atoms with E-state index in [1.807, 2.05) is 30.3 Å². The zero-order valence-corrected chi connectivity index (χ0v) is 13.6. The fraction of sp³-hybridized carbons (Fsp3) is 0.235. The van der Waals surface area contributed by atoms with E-state index in [0.717, 1.165) is 11.6 Å². The van der Waals surface area contributed by atoms with Crippen molar-refractivity contribution in [2.24, 2.45) is 0 Å². The van der Waals surface area contributed by atoms with Gasteiger partial charge in [-0.05, 0) is 30.5 Å². The average Bonchev–Trinajstić information content (AvgIpc) is 2.59. The van der Waals surface area contributed by atoms with Gasteiger partial charge < -0.3 is 10.4 Å². The lowest BCUT2D eigenvalue weighted by atomic mass is 10.0. The Morgan fingerprint density at radius 1 is 1.25 bits per heavy atom. The molecule has 0 aliphatic carbocycles. The number of nitro benzene ring substituents is 1. The molecule has 0 aromatic heterocycles. The van der Waals surface area contributed by atoms with Crippen LogP contribution in [0.4, 0.5) is 5.69 Å². The molecule has 0 fully saturated rings. The number of carbonyl (C=O) groups excluding carboxylic acids is 1. The summed E-state index contributed by atoms with van der Waals surface area (Å²) in [5.41, 5.74) is 0.485. The number of halogens is 1. The number of nitro groups is 1. The molecule has 0 aliphatic rings. The largest absolute Gasteiger partial charge is 0.396 e. The highest BCUT2D eigenvalue weighted by molar-refractivity contribution is 6.31. The van der Waals surface area contributed by atoms with Crippen LogP contribution in [-0.4, -0.2) is 22.5 Å². The highest BCUT2D eigenvalue weighted by Gasteiger charge is 2.23. The highest BCUT2D eigenvalue weighted by atomic mass is 35.5. The fourth-order valence-corrected chi connectivity index (χ4v) is 2.55. The standard InChI is InChI=1S/C17H17ClN2O4/c18-13-8-9-14(16(11-13)20(23)24)17(22)19-15(7-4-10-21)12-5-2-1-3-6-12/h1-3,5-6,8-9,11,15,21H,4,7,10H2,(H,19,22). The van der Waals surface area contributed by atoms with Crippen molar-refractivity contribution in [1.29, 1.82) is 0 Å². The van der Waals surface area contributed by atoms with Gasteiger partial charge in [-0.2, -0.15) is 0 Å². The molecule has 2 aromatic rings. The zero-order valence-electron chi connectivity index (χ0n) is 12.8. The Kier molecular flexibility index (Phi) is 6.28. The minimum Gasteiger partial charge on any atom is -0.396 e. The van der Waals surface area contributed by atoms with Gasteiger partial charge >= 0.3 is 0 Å². The summed E-state index contributed by atoms with van der Waals surface area (Å²) in [5.74, 6) is -0.551. The molecule has 1 amide bonds. The first-order chi connectivity index (χ1) is 11.5. The van der Waals surface area contributed by atoms with Crippen LogP contribution in [0.3, 0.4) is 0 Å². The minimum atomic E-state index is -0.633. The van der Waals surface area contributed by atoms with Gasteiger partial charge in [-0.25, -0.2) is 0 Å². The summed E-state index contributed by atoms with van der Waals surface area (Å²) in [7, 11) is 0. The van der Waals surface area contributed by atoms with E-state index in [4.69, 9.17) is 16.7 Å². The monoisotopic (exact) mass is 348 g/mol. The van der Waals surface area contributed by atoms with Crippen molar-refractivity contribution in [3.8, 4) is 0 Å². The summed E-state index contributed by atoms with van der Waals surface area (Å²) in [4.78, 5) is 23.0. The second kappa shape index (κ2) is 8.42. The van der Waals surface area contributed by atoms with Gasteiger partial charge in [-0.1, -0.05) is 41.9 Å². The maximum absolute atomic E-state index is 12.5. The fourth-order valence-electron chi connectivity index (χ4n) is 2.39. The van der Waals surface area contributed by atoms with Gasteiger partial charge in [-0.3, -0.25) is 14.9 Å². The minimum absolute atomic E-state index is 0.000294. The number of hydrogen-bond donors (Lipinski definition) is 2. The molecular formula is C17H17ClN2O4. The van der Waals surface area contributed by atoms with E-state index in [2.05, 4.69) is 5.32 Å². The summed E-state index contributed by atoms with van der Waals surface area (Å²) >= 11 is 5.77. The summed E-state index contributed by atoms with van der Waals surface area (Å²) in [5, 5.41) is 23.2. The van der Waals surface area contributed by atoms with Crippen molar-refractivity contribution in [2.45, 2.75) is 18.9 Å². The number of nitrogens with zero attached hydrogens (tertiary/aromatic N) is 1. The third-order valence-electron chi connectivity index (χ3n) is 3.56. The molecule has 0 saturated heterocycles. The van der Waals surface area contributed by atoms with Crippen molar-refractivity contribution in [1.82, 2.24) is 5.32 Å². The molecule has 24 heavy (non-hydrogen) atoms. The first kappa shape index (κ1) is 17.9. The first-order valence-electron chi connectivity index (χ1n) is 7.43. The molecule has 0 radical (unpaired) electrons.